The summed E-state index contributed by atoms with van der Waals surface area (Å²) in [6, 6.07) is -0.318. The molecule has 0 spiro atoms. The van der Waals surface area contributed by atoms with Gasteiger partial charge in [0.25, 0.3) is 0 Å². The molecule has 0 aliphatic carbocycles. The third-order valence-corrected chi connectivity index (χ3v) is 4.87. The predicted octanol–water partition coefficient (Wildman–Crippen LogP) is -0.147. The molecule has 1 fully saturated rings. The summed E-state index contributed by atoms with van der Waals surface area (Å²) in [7, 11) is 3.27. The van der Waals surface area contributed by atoms with Crippen molar-refractivity contribution >= 4 is 63.4 Å². The van der Waals surface area contributed by atoms with Crippen LogP contribution < -0.4 is 5.32 Å². The second kappa shape index (κ2) is 12.8. The molecular formula is C14H22N2O3Pb2. The van der Waals surface area contributed by atoms with Crippen LogP contribution in [-0.2, 0) is 14.3 Å². The first-order valence-corrected chi connectivity index (χ1v) is 11.3. The Morgan fingerprint density at radius 2 is 2.10 bits per heavy atom. The molecule has 1 aliphatic rings. The molecule has 1 unspecified atom stereocenters. The summed E-state index contributed by atoms with van der Waals surface area (Å²) >= 11 is 1.79. The number of nitrogens with one attached hydrogen (secondary N) is 1. The number of ether oxygens (including phenoxy) is 1. The maximum atomic E-state index is 11.9. The molecule has 21 heavy (non-hydrogen) atoms. The summed E-state index contributed by atoms with van der Waals surface area (Å²) in [5.41, 5.74) is 0. The summed E-state index contributed by atoms with van der Waals surface area (Å²) in [6.45, 7) is 3.35. The Bertz CT molecular complexity index is 391. The zero-order valence-corrected chi connectivity index (χ0v) is 20.6. The number of carbonyl (C=O) groups excluding carboxylic acids is 2. The van der Waals surface area contributed by atoms with Crippen molar-refractivity contribution in [2.24, 2.45) is 0 Å². The zero-order valence-electron chi connectivity index (χ0n) is 12.9. The second-order valence-corrected chi connectivity index (χ2v) is 17.7. The van der Waals surface area contributed by atoms with E-state index in [1.807, 2.05) is 14.0 Å². The summed E-state index contributed by atoms with van der Waals surface area (Å²) in [6.07, 6.45) is 2.78. The van der Waals surface area contributed by atoms with Gasteiger partial charge in [-0.25, -0.2) is 0 Å². The van der Waals surface area contributed by atoms with Crippen LogP contribution in [0.5, 0.6) is 0 Å². The van der Waals surface area contributed by atoms with E-state index in [-0.39, 0.29) is 19.0 Å². The van der Waals surface area contributed by atoms with E-state index >= 15 is 0 Å². The minimum absolute atomic E-state index is 0.170. The normalized spacial score (nSPS) is 17.2. The van der Waals surface area contributed by atoms with E-state index in [0.29, 0.717) is 0 Å². The van der Waals surface area contributed by atoms with Gasteiger partial charge < -0.3 is 5.32 Å². The van der Waals surface area contributed by atoms with Crippen LogP contribution in [0, 0.1) is 11.8 Å². The number of amides is 1. The first-order chi connectivity index (χ1) is 9.99. The van der Waals surface area contributed by atoms with Crippen molar-refractivity contribution in [2.75, 3.05) is 27.2 Å². The van der Waals surface area contributed by atoms with E-state index in [9.17, 15) is 9.59 Å². The number of nitrogens with zero attached hydrogens (tertiary/aromatic N) is 1. The molecule has 1 heterocycles. The van der Waals surface area contributed by atoms with Gasteiger partial charge in [0.05, 0.1) is 6.54 Å². The Kier molecular flexibility index (Phi) is 13.0. The number of hydrogen-bond donors (Lipinski definition) is 1. The number of esters is 1. The van der Waals surface area contributed by atoms with Crippen molar-refractivity contribution in [3.8, 4) is 11.8 Å². The molecule has 114 valence electrons. The monoisotopic (exact) mass is 682 g/mol. The Hall–Kier alpha value is 0.304. The van der Waals surface area contributed by atoms with Crippen LogP contribution in [0.25, 0.3) is 0 Å². The molecule has 0 bridgehead atoms. The SMILES string of the molecule is CC#CCNC.COC(=O)C1CCCCN1C(=O)[CH]([Pb])[Pb]. The van der Waals surface area contributed by atoms with E-state index in [0.717, 1.165) is 83.9 Å². The topological polar surface area (TPSA) is 58.6 Å². The van der Waals surface area contributed by atoms with Gasteiger partial charge in [0.2, 0.25) is 0 Å². The summed E-state index contributed by atoms with van der Waals surface area (Å²) < 4.78 is 4.96. The Morgan fingerprint density at radius 1 is 1.43 bits per heavy atom. The molecule has 0 aromatic heterocycles. The molecule has 0 aromatic carbocycles. The summed E-state index contributed by atoms with van der Waals surface area (Å²) in [5, 5.41) is 2.90. The van der Waals surface area contributed by atoms with Crippen LogP contribution in [0.15, 0.2) is 0 Å². The number of rotatable bonds is 3. The van der Waals surface area contributed by atoms with E-state index in [2.05, 4.69) is 17.2 Å². The number of likely N-dealkylation sites (tertiary alicyclic amines) is 1. The third kappa shape index (κ3) is 8.49. The van der Waals surface area contributed by atoms with Crippen molar-refractivity contribution in [3.63, 3.8) is 0 Å². The molecule has 7 heteroatoms. The molecule has 1 aliphatic heterocycles. The predicted molar refractivity (Wildman–Crippen MR) is 84.0 cm³/mol. The molecule has 1 atom stereocenters. The minimum atomic E-state index is -0.318. The third-order valence-electron chi connectivity index (χ3n) is 2.95. The maximum absolute atomic E-state index is 11.9. The molecule has 0 saturated carbocycles. The first kappa shape index (κ1) is 21.3. The average Bonchev–Trinajstić information content (AvgIpc) is 2.51. The molecule has 0 aromatic rings. The van der Waals surface area contributed by atoms with Crippen molar-refractivity contribution < 1.29 is 14.3 Å². The Morgan fingerprint density at radius 3 is 2.52 bits per heavy atom. The van der Waals surface area contributed by atoms with Crippen LogP contribution >= 0.6 is 0 Å². The van der Waals surface area contributed by atoms with Crippen molar-refractivity contribution in [1.29, 1.82) is 0 Å². The number of hydrogen-bond acceptors (Lipinski definition) is 4. The van der Waals surface area contributed by atoms with E-state index in [1.54, 1.807) is 4.90 Å². The first-order valence-electron chi connectivity index (χ1n) is 6.84. The number of piperidine rings is 1. The van der Waals surface area contributed by atoms with Crippen LogP contribution in [0.1, 0.15) is 26.2 Å². The van der Waals surface area contributed by atoms with Crippen LogP contribution in [0.3, 0.4) is 0 Å². The zero-order chi connectivity index (χ0) is 16.3. The molecule has 6 radical (unpaired) electrons. The Labute approximate surface area is 159 Å². The fourth-order valence-corrected chi connectivity index (χ4v) is 3.21. The second-order valence-electron chi connectivity index (χ2n) is 4.46. The van der Waals surface area contributed by atoms with Gasteiger partial charge >= 0.3 is 123 Å². The Balaban J connectivity index is 0.000000567. The van der Waals surface area contributed by atoms with E-state index < -0.39 is 0 Å². The van der Waals surface area contributed by atoms with E-state index in [4.69, 9.17) is 4.74 Å². The van der Waals surface area contributed by atoms with Gasteiger partial charge in [-0.1, -0.05) is 5.92 Å². The van der Waals surface area contributed by atoms with Gasteiger partial charge in [-0.2, -0.15) is 0 Å². The molecule has 1 rings (SSSR count). The molecule has 1 amide bonds. The summed E-state index contributed by atoms with van der Waals surface area (Å²) in [4.78, 5) is 25.2. The standard InChI is InChI=1S/C9H13NO3.C5H9N.2Pb/c1-7(11)10-6-4-3-5-8(10)9(12)13-2;1-3-4-5-6-2;;/h1,8H,3-6H2,2H3;6H,5H2,1-2H3;;. The van der Waals surface area contributed by atoms with Gasteiger partial charge in [-0.3, -0.25) is 0 Å². The molecule has 5 nitrogen and oxygen atoms in total. The van der Waals surface area contributed by atoms with Crippen molar-refractivity contribution in [1.82, 2.24) is 10.2 Å². The average molecular weight is 681 g/mol. The van der Waals surface area contributed by atoms with Gasteiger partial charge in [-0.15, -0.1) is 5.92 Å². The van der Waals surface area contributed by atoms with Gasteiger partial charge in [-0.05, 0) is 14.0 Å². The quantitative estimate of drug-likeness (QED) is 0.256. The fourth-order valence-electron chi connectivity index (χ4n) is 1.92. The van der Waals surface area contributed by atoms with E-state index in [1.165, 1.54) is 7.11 Å². The van der Waals surface area contributed by atoms with Gasteiger partial charge in [0.1, 0.15) is 0 Å². The van der Waals surface area contributed by atoms with Crippen LogP contribution in [0.2, 0.25) is 1.04 Å². The van der Waals surface area contributed by atoms with Crippen molar-refractivity contribution in [3.05, 3.63) is 0 Å². The van der Waals surface area contributed by atoms with Gasteiger partial charge in [0, 0.05) is 0 Å². The van der Waals surface area contributed by atoms with Crippen LogP contribution in [0.4, 0.5) is 0 Å². The number of methoxy groups -OCH3 is 1. The van der Waals surface area contributed by atoms with Crippen molar-refractivity contribution in [2.45, 2.75) is 33.3 Å². The molecular weight excluding hydrogens is 659 g/mol. The number of carbonyl (C=O) groups is 2. The molecule has 1 N–H and O–H groups in total. The van der Waals surface area contributed by atoms with Gasteiger partial charge in [0.15, 0.2) is 0 Å². The van der Waals surface area contributed by atoms with Crippen LogP contribution in [-0.4, -0.2) is 102 Å². The molecule has 1 saturated heterocycles. The fraction of sp³-hybridized carbons (Fsp3) is 0.714. The summed E-state index contributed by atoms with van der Waals surface area (Å²) in [5.74, 6) is 5.51.